The van der Waals surface area contributed by atoms with Gasteiger partial charge in [0.1, 0.15) is 6.10 Å². The highest BCUT2D eigenvalue weighted by molar-refractivity contribution is 5.33. The molecule has 1 aliphatic heterocycles. The fourth-order valence-electron chi connectivity index (χ4n) is 2.26. The summed E-state index contributed by atoms with van der Waals surface area (Å²) in [6.45, 7) is 3.64. The van der Waals surface area contributed by atoms with E-state index >= 15 is 0 Å². The maximum absolute atomic E-state index is 5.78. The Kier molecular flexibility index (Phi) is 4.47. The second kappa shape index (κ2) is 6.69. The second-order valence-electron chi connectivity index (χ2n) is 4.97. The number of ether oxygens (including phenoxy) is 3. The van der Waals surface area contributed by atoms with Gasteiger partial charge in [-0.15, -0.1) is 4.98 Å². The SMILES string of the molecule is COc1nc(OC)nc(N2CCO[C@@H](c3nccc(C)n3)C2)n1. The molecule has 0 aliphatic carbocycles. The zero-order valence-corrected chi connectivity index (χ0v) is 13.3. The van der Waals surface area contributed by atoms with Crippen LogP contribution in [0.15, 0.2) is 12.3 Å². The molecule has 0 spiro atoms. The number of rotatable bonds is 4. The lowest BCUT2D eigenvalue weighted by Crippen LogP contribution is -2.40. The molecule has 3 heterocycles. The highest BCUT2D eigenvalue weighted by atomic mass is 16.5. The van der Waals surface area contributed by atoms with E-state index in [4.69, 9.17) is 14.2 Å². The number of aromatic nitrogens is 5. The minimum absolute atomic E-state index is 0.210. The molecule has 2 aromatic heterocycles. The van der Waals surface area contributed by atoms with Crippen molar-refractivity contribution in [2.24, 2.45) is 0 Å². The molecular formula is C14H18N6O3. The minimum atomic E-state index is -0.239. The Hall–Kier alpha value is -2.55. The maximum atomic E-state index is 5.78. The summed E-state index contributed by atoms with van der Waals surface area (Å²) in [5, 5.41) is 0. The minimum Gasteiger partial charge on any atom is -0.467 e. The monoisotopic (exact) mass is 318 g/mol. The molecule has 9 heteroatoms. The first kappa shape index (κ1) is 15.3. The van der Waals surface area contributed by atoms with Crippen LogP contribution in [0.25, 0.3) is 0 Å². The largest absolute Gasteiger partial charge is 0.467 e. The van der Waals surface area contributed by atoms with Crippen LogP contribution < -0.4 is 14.4 Å². The van der Waals surface area contributed by atoms with Crippen LogP contribution in [0.2, 0.25) is 0 Å². The van der Waals surface area contributed by atoms with Crippen LogP contribution in [-0.4, -0.2) is 58.8 Å². The number of aryl methyl sites for hydroxylation is 1. The van der Waals surface area contributed by atoms with E-state index in [1.807, 2.05) is 17.9 Å². The van der Waals surface area contributed by atoms with Gasteiger partial charge in [-0.05, 0) is 13.0 Å². The smallest absolute Gasteiger partial charge is 0.324 e. The van der Waals surface area contributed by atoms with Gasteiger partial charge in [0.2, 0.25) is 5.95 Å². The molecule has 0 bridgehead atoms. The zero-order chi connectivity index (χ0) is 16.2. The van der Waals surface area contributed by atoms with Gasteiger partial charge in [0.15, 0.2) is 5.82 Å². The third kappa shape index (κ3) is 3.45. The summed E-state index contributed by atoms with van der Waals surface area (Å²) in [6, 6.07) is 2.27. The Bertz CT molecular complexity index is 661. The van der Waals surface area contributed by atoms with Crippen LogP contribution in [0, 0.1) is 6.92 Å². The lowest BCUT2D eigenvalue weighted by Gasteiger charge is -2.32. The van der Waals surface area contributed by atoms with Crippen molar-refractivity contribution in [1.29, 1.82) is 0 Å². The molecule has 0 N–H and O–H groups in total. The second-order valence-corrected chi connectivity index (χ2v) is 4.97. The van der Waals surface area contributed by atoms with Crippen LogP contribution in [-0.2, 0) is 4.74 Å². The summed E-state index contributed by atoms with van der Waals surface area (Å²) in [4.78, 5) is 23.3. The van der Waals surface area contributed by atoms with Gasteiger partial charge in [-0.3, -0.25) is 0 Å². The molecule has 0 saturated carbocycles. The molecule has 0 amide bonds. The summed E-state index contributed by atoms with van der Waals surface area (Å²) in [7, 11) is 3.00. The third-order valence-electron chi connectivity index (χ3n) is 3.40. The van der Waals surface area contributed by atoms with Gasteiger partial charge < -0.3 is 19.1 Å². The quantitative estimate of drug-likeness (QED) is 0.801. The number of hydrogen-bond acceptors (Lipinski definition) is 9. The van der Waals surface area contributed by atoms with Crippen molar-refractivity contribution < 1.29 is 14.2 Å². The summed E-state index contributed by atoms with van der Waals surface area (Å²) in [5.74, 6) is 1.14. The Labute approximate surface area is 133 Å². The molecule has 2 aromatic rings. The number of methoxy groups -OCH3 is 2. The molecule has 0 aromatic carbocycles. The maximum Gasteiger partial charge on any atom is 0.324 e. The molecule has 1 aliphatic rings. The number of hydrogen-bond donors (Lipinski definition) is 0. The molecule has 3 rings (SSSR count). The summed E-state index contributed by atoms with van der Waals surface area (Å²) < 4.78 is 16.0. The van der Waals surface area contributed by atoms with Gasteiger partial charge in [0, 0.05) is 18.4 Å². The Morgan fingerprint density at radius 1 is 1.13 bits per heavy atom. The van der Waals surface area contributed by atoms with Gasteiger partial charge >= 0.3 is 12.0 Å². The van der Waals surface area contributed by atoms with Gasteiger partial charge in [0.25, 0.3) is 0 Å². The van der Waals surface area contributed by atoms with Crippen molar-refractivity contribution in [3.8, 4) is 12.0 Å². The van der Waals surface area contributed by atoms with Crippen molar-refractivity contribution in [3.05, 3.63) is 23.8 Å². The highest BCUT2D eigenvalue weighted by Crippen LogP contribution is 2.24. The average Bonchev–Trinajstić information content (AvgIpc) is 2.61. The lowest BCUT2D eigenvalue weighted by molar-refractivity contribution is 0.0332. The normalized spacial score (nSPS) is 17.9. The Balaban J connectivity index is 1.83. The van der Waals surface area contributed by atoms with Crippen molar-refractivity contribution in [2.75, 3.05) is 38.8 Å². The predicted octanol–water partition coefficient (Wildman–Crippen LogP) is 0.565. The fraction of sp³-hybridized carbons (Fsp3) is 0.500. The molecule has 122 valence electrons. The topological polar surface area (TPSA) is 95.4 Å². The number of morpholine rings is 1. The zero-order valence-electron chi connectivity index (χ0n) is 13.3. The molecule has 9 nitrogen and oxygen atoms in total. The van der Waals surface area contributed by atoms with E-state index < -0.39 is 0 Å². The molecule has 1 fully saturated rings. The van der Waals surface area contributed by atoms with E-state index in [0.717, 1.165) is 5.69 Å². The average molecular weight is 318 g/mol. The van der Waals surface area contributed by atoms with Crippen molar-refractivity contribution in [2.45, 2.75) is 13.0 Å². The van der Waals surface area contributed by atoms with Crippen LogP contribution in [0.1, 0.15) is 17.6 Å². The molecular weight excluding hydrogens is 300 g/mol. The number of anilines is 1. The predicted molar refractivity (Wildman–Crippen MR) is 80.6 cm³/mol. The molecule has 1 atom stereocenters. The van der Waals surface area contributed by atoms with E-state index in [0.29, 0.717) is 31.5 Å². The van der Waals surface area contributed by atoms with Gasteiger partial charge in [-0.2, -0.15) is 9.97 Å². The molecule has 0 radical (unpaired) electrons. The summed E-state index contributed by atoms with van der Waals surface area (Å²) >= 11 is 0. The van der Waals surface area contributed by atoms with Crippen LogP contribution in [0.4, 0.5) is 5.95 Å². The van der Waals surface area contributed by atoms with E-state index in [2.05, 4.69) is 24.9 Å². The first-order valence-electron chi connectivity index (χ1n) is 7.19. The highest BCUT2D eigenvalue weighted by Gasteiger charge is 2.26. The van der Waals surface area contributed by atoms with Crippen molar-refractivity contribution in [3.63, 3.8) is 0 Å². The fourth-order valence-corrected chi connectivity index (χ4v) is 2.26. The van der Waals surface area contributed by atoms with E-state index in [1.54, 1.807) is 6.20 Å². The molecule has 23 heavy (non-hydrogen) atoms. The van der Waals surface area contributed by atoms with Gasteiger partial charge in [-0.25, -0.2) is 9.97 Å². The van der Waals surface area contributed by atoms with Crippen LogP contribution in [0.5, 0.6) is 12.0 Å². The summed E-state index contributed by atoms with van der Waals surface area (Å²) in [6.07, 6.45) is 1.49. The first-order valence-corrected chi connectivity index (χ1v) is 7.19. The molecule has 1 saturated heterocycles. The third-order valence-corrected chi connectivity index (χ3v) is 3.40. The van der Waals surface area contributed by atoms with E-state index in [9.17, 15) is 0 Å². The van der Waals surface area contributed by atoms with Crippen molar-refractivity contribution >= 4 is 5.95 Å². The molecule has 0 unspecified atom stereocenters. The Morgan fingerprint density at radius 3 is 2.52 bits per heavy atom. The first-order chi connectivity index (χ1) is 11.2. The van der Waals surface area contributed by atoms with Crippen molar-refractivity contribution in [1.82, 2.24) is 24.9 Å². The van der Waals surface area contributed by atoms with Crippen LogP contribution in [0.3, 0.4) is 0 Å². The van der Waals surface area contributed by atoms with Gasteiger partial charge in [0.05, 0.1) is 27.4 Å². The standard InChI is InChI=1S/C14H18N6O3/c1-9-4-5-15-11(16-9)10-8-20(6-7-23-10)12-17-13(21-2)19-14(18-12)22-3/h4-5,10H,6-8H2,1-3H3/t10-/m1/s1. The van der Waals surface area contributed by atoms with Crippen LogP contribution >= 0.6 is 0 Å². The lowest BCUT2D eigenvalue weighted by atomic mass is 10.2. The Morgan fingerprint density at radius 2 is 1.87 bits per heavy atom. The number of nitrogens with zero attached hydrogens (tertiary/aromatic N) is 6. The van der Waals surface area contributed by atoms with E-state index in [1.165, 1.54) is 14.2 Å². The summed E-state index contributed by atoms with van der Waals surface area (Å²) in [5.41, 5.74) is 0.902. The van der Waals surface area contributed by atoms with Gasteiger partial charge in [-0.1, -0.05) is 0 Å². The van der Waals surface area contributed by atoms with E-state index in [-0.39, 0.29) is 18.1 Å².